The maximum absolute atomic E-state index is 5.38. The van der Waals surface area contributed by atoms with Crippen molar-refractivity contribution in [2.24, 2.45) is 0 Å². The fraction of sp³-hybridized carbons (Fsp3) is 0.231. The highest BCUT2D eigenvalue weighted by Crippen LogP contribution is 2.20. The molecule has 0 radical (unpaired) electrons. The Labute approximate surface area is 103 Å². The highest BCUT2D eigenvalue weighted by molar-refractivity contribution is 5.55. The molecule has 3 aromatic rings. The molecule has 0 fully saturated rings. The van der Waals surface area contributed by atoms with Crippen molar-refractivity contribution in [1.82, 2.24) is 19.9 Å². The predicted octanol–water partition coefficient (Wildman–Crippen LogP) is 1.63. The lowest BCUT2D eigenvalue weighted by Gasteiger charge is -2.11. The lowest BCUT2D eigenvalue weighted by atomic mass is 10.2. The lowest BCUT2D eigenvalue weighted by Crippen LogP contribution is -2.24. The number of hydrogen-bond donors (Lipinski definition) is 1. The molecule has 5 heteroatoms. The largest absolute Gasteiger partial charge is 0.463 e. The van der Waals surface area contributed by atoms with E-state index < -0.39 is 0 Å². The van der Waals surface area contributed by atoms with E-state index in [0.717, 1.165) is 48.0 Å². The van der Waals surface area contributed by atoms with Gasteiger partial charge in [-0.25, -0.2) is 9.50 Å². The quantitative estimate of drug-likeness (QED) is 0.702. The summed E-state index contributed by atoms with van der Waals surface area (Å²) in [7, 11) is 0. The Morgan fingerprint density at radius 1 is 1.28 bits per heavy atom. The van der Waals surface area contributed by atoms with E-state index in [0.29, 0.717) is 0 Å². The standard InChI is InChI=1S/C13H12N4O/c1-2-12(18-7-1)10-3-4-13-15-9-5-6-14-8-11(9)17(13)16-10/h1-4,7,14H,5-6,8H2. The first-order valence-electron chi connectivity index (χ1n) is 6.04. The Morgan fingerprint density at radius 2 is 2.28 bits per heavy atom. The van der Waals surface area contributed by atoms with Gasteiger partial charge in [0.1, 0.15) is 5.69 Å². The molecule has 0 saturated carbocycles. The molecule has 0 spiro atoms. The van der Waals surface area contributed by atoms with Crippen LogP contribution >= 0.6 is 0 Å². The molecular weight excluding hydrogens is 228 g/mol. The zero-order valence-corrected chi connectivity index (χ0v) is 9.76. The van der Waals surface area contributed by atoms with Gasteiger partial charge in [0.15, 0.2) is 11.4 Å². The fourth-order valence-corrected chi connectivity index (χ4v) is 2.37. The average Bonchev–Trinajstić information content (AvgIpc) is 3.05. The number of imidazole rings is 1. The molecule has 0 saturated heterocycles. The number of hydrogen-bond acceptors (Lipinski definition) is 4. The summed E-state index contributed by atoms with van der Waals surface area (Å²) in [5.41, 5.74) is 4.04. The van der Waals surface area contributed by atoms with Gasteiger partial charge in [-0.15, -0.1) is 0 Å². The number of fused-ring (bicyclic) bond motifs is 3. The second-order valence-electron chi connectivity index (χ2n) is 4.40. The molecular formula is C13H12N4O. The molecule has 90 valence electrons. The minimum absolute atomic E-state index is 0.781. The van der Waals surface area contributed by atoms with Crippen molar-refractivity contribution in [1.29, 1.82) is 0 Å². The highest BCUT2D eigenvalue weighted by Gasteiger charge is 2.17. The Hall–Kier alpha value is -2.14. The SMILES string of the molecule is c1coc(-c2ccc3nc4c(n3n2)CNCC4)c1. The molecule has 5 nitrogen and oxygen atoms in total. The van der Waals surface area contributed by atoms with E-state index in [-0.39, 0.29) is 0 Å². The summed E-state index contributed by atoms with van der Waals surface area (Å²) in [5, 5.41) is 7.96. The number of furan rings is 1. The molecule has 0 aliphatic carbocycles. The second-order valence-corrected chi connectivity index (χ2v) is 4.40. The van der Waals surface area contributed by atoms with Gasteiger partial charge in [0, 0.05) is 19.5 Å². The minimum atomic E-state index is 0.781. The van der Waals surface area contributed by atoms with Crippen molar-refractivity contribution < 1.29 is 4.42 Å². The van der Waals surface area contributed by atoms with Crippen LogP contribution in [0.2, 0.25) is 0 Å². The molecule has 0 atom stereocenters. The molecule has 0 aromatic carbocycles. The summed E-state index contributed by atoms with van der Waals surface area (Å²) in [4.78, 5) is 4.61. The molecule has 4 rings (SSSR count). The Kier molecular flexibility index (Phi) is 2.01. The molecule has 0 unspecified atom stereocenters. The van der Waals surface area contributed by atoms with Crippen LogP contribution < -0.4 is 5.32 Å². The van der Waals surface area contributed by atoms with E-state index >= 15 is 0 Å². The summed E-state index contributed by atoms with van der Waals surface area (Å²) >= 11 is 0. The Morgan fingerprint density at radius 3 is 3.17 bits per heavy atom. The van der Waals surface area contributed by atoms with Gasteiger partial charge >= 0.3 is 0 Å². The van der Waals surface area contributed by atoms with Crippen LogP contribution in [0.15, 0.2) is 34.9 Å². The highest BCUT2D eigenvalue weighted by atomic mass is 16.3. The first-order chi connectivity index (χ1) is 8.92. The Bertz CT molecular complexity index is 699. The van der Waals surface area contributed by atoms with Crippen LogP contribution in [0.3, 0.4) is 0 Å². The fourth-order valence-electron chi connectivity index (χ4n) is 2.37. The van der Waals surface area contributed by atoms with Crippen molar-refractivity contribution in [2.75, 3.05) is 6.54 Å². The van der Waals surface area contributed by atoms with E-state index in [2.05, 4.69) is 15.4 Å². The number of aromatic nitrogens is 3. The first-order valence-corrected chi connectivity index (χ1v) is 6.04. The van der Waals surface area contributed by atoms with Crippen molar-refractivity contribution in [3.63, 3.8) is 0 Å². The van der Waals surface area contributed by atoms with Gasteiger partial charge in [0.25, 0.3) is 0 Å². The van der Waals surface area contributed by atoms with Crippen LogP contribution in [0.1, 0.15) is 11.4 Å². The van der Waals surface area contributed by atoms with E-state index in [1.54, 1.807) is 6.26 Å². The normalized spacial score (nSPS) is 14.9. The first kappa shape index (κ1) is 9.85. The maximum Gasteiger partial charge on any atom is 0.154 e. The molecule has 0 amide bonds. The average molecular weight is 240 g/mol. The summed E-state index contributed by atoms with van der Waals surface area (Å²) in [6.45, 7) is 1.81. The van der Waals surface area contributed by atoms with Crippen LogP contribution in [0, 0.1) is 0 Å². The van der Waals surface area contributed by atoms with E-state index in [1.807, 2.05) is 28.8 Å². The van der Waals surface area contributed by atoms with Crippen LogP contribution in [0.5, 0.6) is 0 Å². The molecule has 1 aliphatic rings. The lowest BCUT2D eigenvalue weighted by molar-refractivity contribution is 0.576. The van der Waals surface area contributed by atoms with Crippen LogP contribution in [-0.4, -0.2) is 21.1 Å². The number of nitrogens with zero attached hydrogens (tertiary/aromatic N) is 3. The van der Waals surface area contributed by atoms with Gasteiger partial charge in [-0.3, -0.25) is 0 Å². The van der Waals surface area contributed by atoms with Gasteiger partial charge in [-0.05, 0) is 24.3 Å². The van der Waals surface area contributed by atoms with Crippen LogP contribution in [0.4, 0.5) is 0 Å². The third kappa shape index (κ3) is 1.37. The Balaban J connectivity index is 1.94. The summed E-state index contributed by atoms with van der Waals surface area (Å²) < 4.78 is 7.29. The van der Waals surface area contributed by atoms with E-state index in [9.17, 15) is 0 Å². The summed E-state index contributed by atoms with van der Waals surface area (Å²) in [6, 6.07) is 7.71. The third-order valence-corrected chi connectivity index (χ3v) is 3.26. The molecule has 0 bridgehead atoms. The van der Waals surface area contributed by atoms with Gasteiger partial charge < -0.3 is 9.73 Å². The van der Waals surface area contributed by atoms with E-state index in [4.69, 9.17) is 4.42 Å². The molecule has 1 aliphatic heterocycles. The van der Waals surface area contributed by atoms with Crippen molar-refractivity contribution in [2.45, 2.75) is 13.0 Å². The van der Waals surface area contributed by atoms with Crippen molar-refractivity contribution in [3.05, 3.63) is 41.9 Å². The monoisotopic (exact) mass is 240 g/mol. The predicted molar refractivity (Wildman–Crippen MR) is 66.1 cm³/mol. The molecule has 18 heavy (non-hydrogen) atoms. The minimum Gasteiger partial charge on any atom is -0.463 e. The summed E-state index contributed by atoms with van der Waals surface area (Å²) in [6.07, 6.45) is 2.63. The van der Waals surface area contributed by atoms with Gasteiger partial charge in [0.05, 0.1) is 17.7 Å². The van der Waals surface area contributed by atoms with Gasteiger partial charge in [-0.1, -0.05) is 0 Å². The zero-order valence-electron chi connectivity index (χ0n) is 9.76. The maximum atomic E-state index is 5.38. The molecule has 4 heterocycles. The van der Waals surface area contributed by atoms with E-state index in [1.165, 1.54) is 0 Å². The second kappa shape index (κ2) is 3.68. The van der Waals surface area contributed by atoms with Gasteiger partial charge in [0.2, 0.25) is 0 Å². The number of rotatable bonds is 1. The smallest absolute Gasteiger partial charge is 0.154 e. The zero-order chi connectivity index (χ0) is 11.9. The van der Waals surface area contributed by atoms with Crippen LogP contribution in [0.25, 0.3) is 17.1 Å². The summed E-state index contributed by atoms with van der Waals surface area (Å²) in [5.74, 6) is 0.781. The van der Waals surface area contributed by atoms with Crippen LogP contribution in [-0.2, 0) is 13.0 Å². The topological polar surface area (TPSA) is 55.4 Å². The third-order valence-electron chi connectivity index (χ3n) is 3.26. The number of nitrogens with one attached hydrogen (secondary N) is 1. The van der Waals surface area contributed by atoms with Crippen molar-refractivity contribution >= 4 is 5.65 Å². The van der Waals surface area contributed by atoms with Gasteiger partial charge in [-0.2, -0.15) is 5.10 Å². The van der Waals surface area contributed by atoms with Crippen molar-refractivity contribution in [3.8, 4) is 11.5 Å². The molecule has 1 N–H and O–H groups in total. The molecule has 3 aromatic heterocycles.